The molecule has 32 heavy (non-hydrogen) atoms. The predicted octanol–water partition coefficient (Wildman–Crippen LogP) is 4.23. The summed E-state index contributed by atoms with van der Waals surface area (Å²) < 4.78 is 5.16. The third kappa shape index (κ3) is 3.58. The molecule has 0 radical (unpaired) electrons. The number of hydrogen-bond acceptors (Lipinski definition) is 6. The number of nitrogens with zero attached hydrogens (tertiary/aromatic N) is 2. The van der Waals surface area contributed by atoms with Gasteiger partial charge in [-0.2, -0.15) is 0 Å². The lowest BCUT2D eigenvalue weighted by Gasteiger charge is -2.25. The van der Waals surface area contributed by atoms with Crippen LogP contribution in [-0.4, -0.2) is 28.8 Å². The Morgan fingerprint density at radius 3 is 2.16 bits per heavy atom. The number of nitro groups is 1. The largest absolute Gasteiger partial charge is 0.507 e. The van der Waals surface area contributed by atoms with Crippen LogP contribution in [0.3, 0.4) is 0 Å². The summed E-state index contributed by atoms with van der Waals surface area (Å²) in [7, 11) is 1.51. The Balaban J connectivity index is 1.91. The molecule has 160 valence electrons. The number of carbonyl (C=O) groups is 2. The van der Waals surface area contributed by atoms with Crippen LogP contribution in [0.5, 0.6) is 5.75 Å². The van der Waals surface area contributed by atoms with E-state index in [0.717, 1.165) is 0 Å². The molecular weight excluding hydrogens is 412 g/mol. The number of hydrogen-bond donors (Lipinski definition) is 1. The minimum absolute atomic E-state index is 0.0918. The van der Waals surface area contributed by atoms with Gasteiger partial charge in [0.15, 0.2) is 0 Å². The van der Waals surface area contributed by atoms with E-state index in [4.69, 9.17) is 4.74 Å². The van der Waals surface area contributed by atoms with Crippen LogP contribution in [0.2, 0.25) is 0 Å². The molecule has 1 fully saturated rings. The van der Waals surface area contributed by atoms with E-state index in [1.54, 1.807) is 54.6 Å². The number of carbonyl (C=O) groups excluding carboxylic acids is 2. The van der Waals surface area contributed by atoms with Crippen molar-refractivity contribution in [3.8, 4) is 5.75 Å². The molecule has 0 spiro atoms. The third-order valence-electron chi connectivity index (χ3n) is 5.26. The Hall–Kier alpha value is -4.46. The Kier molecular flexibility index (Phi) is 5.43. The van der Waals surface area contributed by atoms with Gasteiger partial charge in [-0.3, -0.25) is 24.6 Å². The van der Waals surface area contributed by atoms with E-state index in [1.807, 2.05) is 0 Å². The molecule has 1 saturated heterocycles. The second-order valence-electron chi connectivity index (χ2n) is 7.08. The van der Waals surface area contributed by atoms with Crippen molar-refractivity contribution in [2.24, 2.45) is 0 Å². The summed E-state index contributed by atoms with van der Waals surface area (Å²) in [6.45, 7) is 0. The number of amides is 1. The van der Waals surface area contributed by atoms with E-state index >= 15 is 0 Å². The summed E-state index contributed by atoms with van der Waals surface area (Å²) in [5, 5.41) is 22.0. The molecule has 1 heterocycles. The second-order valence-corrected chi connectivity index (χ2v) is 7.08. The van der Waals surface area contributed by atoms with Gasteiger partial charge in [-0.25, -0.2) is 0 Å². The minimum Gasteiger partial charge on any atom is -0.507 e. The average Bonchev–Trinajstić information content (AvgIpc) is 3.09. The molecule has 0 aromatic heterocycles. The van der Waals surface area contributed by atoms with Gasteiger partial charge in [-0.15, -0.1) is 0 Å². The highest BCUT2D eigenvalue weighted by molar-refractivity contribution is 6.51. The Labute approximate surface area is 183 Å². The zero-order valence-electron chi connectivity index (χ0n) is 17.0. The standard InChI is InChI=1S/C24H18N2O6/c1-32-19-13-11-17(12-14-19)25-21(15-7-9-18(10-8-15)26(30)31)20(23(28)24(25)29)22(27)16-5-3-2-4-6-16/h2-14,21,27H,1H3/t21-/m0/s1. The molecular formula is C24H18N2O6. The fourth-order valence-electron chi connectivity index (χ4n) is 3.69. The van der Waals surface area contributed by atoms with Gasteiger partial charge in [-0.1, -0.05) is 30.3 Å². The van der Waals surface area contributed by atoms with Gasteiger partial charge in [-0.05, 0) is 42.0 Å². The van der Waals surface area contributed by atoms with Crippen molar-refractivity contribution < 1.29 is 24.4 Å². The van der Waals surface area contributed by atoms with Crippen molar-refractivity contribution in [3.05, 3.63) is 106 Å². The molecule has 0 unspecified atom stereocenters. The number of non-ortho nitro benzene ring substituents is 1. The molecule has 0 aliphatic carbocycles. The van der Waals surface area contributed by atoms with E-state index in [0.29, 0.717) is 22.6 Å². The lowest BCUT2D eigenvalue weighted by atomic mass is 9.95. The second kappa shape index (κ2) is 8.35. The maximum absolute atomic E-state index is 13.1. The van der Waals surface area contributed by atoms with Crippen molar-refractivity contribution >= 4 is 28.8 Å². The first-order valence-corrected chi connectivity index (χ1v) is 9.67. The van der Waals surface area contributed by atoms with E-state index < -0.39 is 22.7 Å². The van der Waals surface area contributed by atoms with Gasteiger partial charge in [0, 0.05) is 23.4 Å². The van der Waals surface area contributed by atoms with Gasteiger partial charge in [0.2, 0.25) is 0 Å². The SMILES string of the molecule is COc1ccc(N2C(=O)C(=O)C(=C(O)c3ccccc3)[C@@H]2c2ccc([N+](=O)[O-])cc2)cc1. The first kappa shape index (κ1) is 20.8. The topological polar surface area (TPSA) is 110 Å². The zero-order valence-corrected chi connectivity index (χ0v) is 17.0. The van der Waals surface area contributed by atoms with Crippen LogP contribution < -0.4 is 9.64 Å². The van der Waals surface area contributed by atoms with Gasteiger partial charge >= 0.3 is 0 Å². The molecule has 1 N–H and O–H groups in total. The summed E-state index contributed by atoms with van der Waals surface area (Å²) in [5.74, 6) is -1.40. The van der Waals surface area contributed by atoms with E-state index in [-0.39, 0.29) is 17.0 Å². The summed E-state index contributed by atoms with van der Waals surface area (Å²) in [4.78, 5) is 37.9. The highest BCUT2D eigenvalue weighted by atomic mass is 16.6. The number of methoxy groups -OCH3 is 1. The maximum Gasteiger partial charge on any atom is 0.300 e. The van der Waals surface area contributed by atoms with Crippen LogP contribution in [0, 0.1) is 10.1 Å². The Morgan fingerprint density at radius 1 is 0.969 bits per heavy atom. The molecule has 1 aliphatic heterocycles. The predicted molar refractivity (Wildman–Crippen MR) is 117 cm³/mol. The van der Waals surface area contributed by atoms with Crippen LogP contribution in [0.4, 0.5) is 11.4 Å². The third-order valence-corrected chi connectivity index (χ3v) is 5.26. The number of aliphatic hydroxyl groups excluding tert-OH is 1. The normalized spacial score (nSPS) is 17.4. The fourth-order valence-corrected chi connectivity index (χ4v) is 3.69. The van der Waals surface area contributed by atoms with Gasteiger partial charge in [0.25, 0.3) is 17.4 Å². The van der Waals surface area contributed by atoms with Crippen molar-refractivity contribution in [2.75, 3.05) is 12.0 Å². The number of ether oxygens (including phenoxy) is 1. The summed E-state index contributed by atoms with van der Waals surface area (Å²) in [5.41, 5.74) is 1.03. The fraction of sp³-hybridized carbons (Fsp3) is 0.0833. The number of ketones is 1. The van der Waals surface area contributed by atoms with Crippen LogP contribution in [0.15, 0.2) is 84.4 Å². The average molecular weight is 430 g/mol. The first-order valence-electron chi connectivity index (χ1n) is 9.67. The highest BCUT2D eigenvalue weighted by Crippen LogP contribution is 2.42. The lowest BCUT2D eigenvalue weighted by Crippen LogP contribution is -2.29. The van der Waals surface area contributed by atoms with Crippen molar-refractivity contribution in [1.29, 1.82) is 0 Å². The summed E-state index contributed by atoms with van der Waals surface area (Å²) in [6.07, 6.45) is 0. The molecule has 0 saturated carbocycles. The molecule has 1 aliphatic rings. The minimum atomic E-state index is -0.968. The summed E-state index contributed by atoms with van der Waals surface area (Å²) >= 11 is 0. The molecule has 0 bridgehead atoms. The number of nitro benzene ring substituents is 1. The number of anilines is 1. The molecule has 4 rings (SSSR count). The van der Waals surface area contributed by atoms with E-state index in [2.05, 4.69) is 0 Å². The summed E-state index contributed by atoms with van der Waals surface area (Å²) in [6, 6.07) is 19.6. The van der Waals surface area contributed by atoms with Crippen molar-refractivity contribution in [3.63, 3.8) is 0 Å². The molecule has 8 heteroatoms. The number of Topliss-reactive ketones (excluding diaryl/α,β-unsaturated/α-hetero) is 1. The Bertz CT molecular complexity index is 1220. The maximum atomic E-state index is 13.1. The first-order chi connectivity index (χ1) is 15.4. The monoisotopic (exact) mass is 430 g/mol. The van der Waals surface area contributed by atoms with Crippen LogP contribution in [0.25, 0.3) is 5.76 Å². The zero-order chi connectivity index (χ0) is 22.8. The number of aliphatic hydroxyl groups is 1. The molecule has 1 amide bonds. The van der Waals surface area contributed by atoms with E-state index in [1.165, 1.54) is 36.3 Å². The van der Waals surface area contributed by atoms with Crippen molar-refractivity contribution in [2.45, 2.75) is 6.04 Å². The highest BCUT2D eigenvalue weighted by Gasteiger charge is 2.47. The van der Waals surface area contributed by atoms with Crippen molar-refractivity contribution in [1.82, 2.24) is 0 Å². The molecule has 8 nitrogen and oxygen atoms in total. The van der Waals surface area contributed by atoms with Crippen LogP contribution >= 0.6 is 0 Å². The quantitative estimate of drug-likeness (QED) is 0.213. The van der Waals surface area contributed by atoms with Gasteiger partial charge in [0.05, 0.1) is 23.6 Å². The lowest BCUT2D eigenvalue weighted by molar-refractivity contribution is -0.384. The number of benzene rings is 3. The Morgan fingerprint density at radius 2 is 1.59 bits per heavy atom. The molecule has 1 atom stereocenters. The molecule has 3 aromatic rings. The van der Waals surface area contributed by atoms with Gasteiger partial charge < -0.3 is 9.84 Å². The van der Waals surface area contributed by atoms with Gasteiger partial charge in [0.1, 0.15) is 11.5 Å². The van der Waals surface area contributed by atoms with Crippen LogP contribution in [-0.2, 0) is 9.59 Å². The van der Waals surface area contributed by atoms with E-state index in [9.17, 15) is 24.8 Å². The smallest absolute Gasteiger partial charge is 0.300 e. The van der Waals surface area contributed by atoms with Crippen LogP contribution in [0.1, 0.15) is 17.2 Å². The molecule has 3 aromatic carbocycles. The number of rotatable bonds is 5.